The predicted octanol–water partition coefficient (Wildman–Crippen LogP) is 3.55. The molecule has 0 aromatic heterocycles. The van der Waals surface area contributed by atoms with E-state index in [2.05, 4.69) is 15.9 Å². The van der Waals surface area contributed by atoms with E-state index in [0.717, 1.165) is 10.9 Å². The van der Waals surface area contributed by atoms with E-state index in [1.807, 2.05) is 19.1 Å². The Bertz CT molecular complexity index is 423. The fourth-order valence-corrected chi connectivity index (χ4v) is 1.99. The highest BCUT2D eigenvalue weighted by Gasteiger charge is 2.16. The number of benzene rings is 1. The van der Waals surface area contributed by atoms with Gasteiger partial charge in [0.25, 0.3) is 5.91 Å². The van der Waals surface area contributed by atoms with Crippen LogP contribution < -0.4 is 4.74 Å². The number of carbonyl (C=O) groups is 1. The molecule has 0 N–H and O–H groups in total. The van der Waals surface area contributed by atoms with Crippen LogP contribution in [0.3, 0.4) is 0 Å². The van der Waals surface area contributed by atoms with Crippen LogP contribution >= 0.6 is 27.5 Å². The molecule has 0 heterocycles. The summed E-state index contributed by atoms with van der Waals surface area (Å²) < 4.78 is 5.89. The van der Waals surface area contributed by atoms with Gasteiger partial charge in [-0.25, -0.2) is 0 Å². The van der Waals surface area contributed by atoms with Crippen LogP contribution in [0.5, 0.6) is 5.75 Å². The number of methoxy groups -OCH3 is 1. The summed E-state index contributed by atoms with van der Waals surface area (Å²) in [6.45, 7) is 2.55. The molecule has 0 bridgehead atoms. The molecule has 1 aromatic carbocycles. The second-order valence-electron chi connectivity index (χ2n) is 4.14. The number of ether oxygens (including phenoxy) is 1. The number of alkyl halides is 1. The van der Waals surface area contributed by atoms with Crippen LogP contribution in [0.25, 0.3) is 0 Å². The van der Waals surface area contributed by atoms with Crippen LogP contribution in [-0.4, -0.2) is 36.9 Å². The van der Waals surface area contributed by atoms with Crippen LogP contribution in [0.2, 0.25) is 0 Å². The quantitative estimate of drug-likeness (QED) is 0.771. The van der Waals surface area contributed by atoms with Crippen molar-refractivity contribution in [1.82, 2.24) is 4.90 Å². The van der Waals surface area contributed by atoms with E-state index in [9.17, 15) is 4.79 Å². The van der Waals surface area contributed by atoms with Gasteiger partial charge in [0.1, 0.15) is 5.75 Å². The van der Waals surface area contributed by atoms with Crippen LogP contribution in [0.15, 0.2) is 22.7 Å². The maximum Gasteiger partial charge on any atom is 0.254 e. The van der Waals surface area contributed by atoms with Crippen molar-refractivity contribution in [2.45, 2.75) is 18.7 Å². The molecule has 0 saturated heterocycles. The van der Waals surface area contributed by atoms with Gasteiger partial charge in [-0.05, 0) is 47.5 Å². The Hall–Kier alpha value is -0.740. The molecule has 1 unspecified atom stereocenters. The summed E-state index contributed by atoms with van der Waals surface area (Å²) in [5.41, 5.74) is 0.596. The van der Waals surface area contributed by atoms with E-state index < -0.39 is 0 Å². The van der Waals surface area contributed by atoms with Crippen molar-refractivity contribution in [3.05, 3.63) is 28.2 Å². The van der Waals surface area contributed by atoms with Gasteiger partial charge in [0, 0.05) is 23.4 Å². The van der Waals surface area contributed by atoms with Crippen LogP contribution in [0, 0.1) is 0 Å². The molecule has 100 valence electrons. The van der Waals surface area contributed by atoms with E-state index >= 15 is 0 Å². The van der Waals surface area contributed by atoms with E-state index in [1.54, 1.807) is 25.1 Å². The molecule has 0 fully saturated rings. The molecule has 5 heteroatoms. The lowest BCUT2D eigenvalue weighted by Gasteiger charge is -2.19. The minimum atomic E-state index is -0.0434. The first kappa shape index (κ1) is 15.3. The van der Waals surface area contributed by atoms with E-state index in [-0.39, 0.29) is 11.3 Å². The lowest BCUT2D eigenvalue weighted by molar-refractivity contribution is 0.0792. The molecular weight excluding hydrogens is 318 g/mol. The van der Waals surface area contributed by atoms with Gasteiger partial charge in [0.05, 0.1) is 12.7 Å². The number of hydrogen-bond acceptors (Lipinski definition) is 2. The molecule has 0 radical (unpaired) electrons. The monoisotopic (exact) mass is 333 g/mol. The zero-order valence-electron chi connectivity index (χ0n) is 10.7. The number of nitrogens with zero attached hydrogens (tertiary/aromatic N) is 1. The molecule has 0 aliphatic carbocycles. The summed E-state index contributed by atoms with van der Waals surface area (Å²) in [4.78, 5) is 13.9. The Balaban J connectivity index is 2.82. The Morgan fingerprint density at radius 1 is 1.56 bits per heavy atom. The van der Waals surface area contributed by atoms with E-state index in [4.69, 9.17) is 16.3 Å². The number of halogens is 2. The second-order valence-corrected chi connectivity index (χ2v) is 5.74. The highest BCUT2D eigenvalue weighted by atomic mass is 79.9. The van der Waals surface area contributed by atoms with Gasteiger partial charge in [0.2, 0.25) is 0 Å². The van der Waals surface area contributed by atoms with Gasteiger partial charge in [0.15, 0.2) is 0 Å². The lowest BCUT2D eigenvalue weighted by Crippen LogP contribution is -2.29. The minimum Gasteiger partial charge on any atom is -0.497 e. The van der Waals surface area contributed by atoms with Gasteiger partial charge >= 0.3 is 0 Å². The third-order valence-corrected chi connectivity index (χ3v) is 3.52. The number of rotatable bonds is 5. The van der Waals surface area contributed by atoms with Crippen LogP contribution in [-0.2, 0) is 0 Å². The fraction of sp³-hybridized carbons (Fsp3) is 0.462. The van der Waals surface area contributed by atoms with Crippen molar-refractivity contribution in [3.8, 4) is 5.75 Å². The summed E-state index contributed by atoms with van der Waals surface area (Å²) in [5.74, 6) is 0.624. The molecule has 0 aliphatic rings. The molecule has 18 heavy (non-hydrogen) atoms. The molecule has 1 amide bonds. The predicted molar refractivity (Wildman–Crippen MR) is 77.6 cm³/mol. The highest BCUT2D eigenvalue weighted by Crippen LogP contribution is 2.23. The summed E-state index contributed by atoms with van der Waals surface area (Å²) in [6, 6.07) is 5.35. The average molecular weight is 335 g/mol. The summed E-state index contributed by atoms with van der Waals surface area (Å²) >= 11 is 9.26. The average Bonchev–Trinajstić information content (AvgIpc) is 2.35. The van der Waals surface area contributed by atoms with E-state index in [1.165, 1.54) is 0 Å². The van der Waals surface area contributed by atoms with E-state index in [0.29, 0.717) is 17.9 Å². The van der Waals surface area contributed by atoms with Crippen molar-refractivity contribution in [3.63, 3.8) is 0 Å². The molecule has 1 aromatic rings. The van der Waals surface area contributed by atoms with Crippen molar-refractivity contribution in [2.24, 2.45) is 0 Å². The lowest BCUT2D eigenvalue weighted by atomic mass is 10.2. The third-order valence-electron chi connectivity index (χ3n) is 2.61. The summed E-state index contributed by atoms with van der Waals surface area (Å²) in [6.07, 6.45) is 0.769. The molecule has 3 nitrogen and oxygen atoms in total. The molecule has 0 saturated carbocycles. The van der Waals surface area contributed by atoms with Gasteiger partial charge < -0.3 is 9.64 Å². The molecule has 0 spiro atoms. The Labute approximate surface area is 121 Å². The maximum absolute atomic E-state index is 12.2. The fourth-order valence-electron chi connectivity index (χ4n) is 1.47. The molecular formula is C13H17BrClNO2. The first-order valence-electron chi connectivity index (χ1n) is 5.68. The molecule has 1 rings (SSSR count). The van der Waals surface area contributed by atoms with Gasteiger partial charge in [-0.3, -0.25) is 4.79 Å². The minimum absolute atomic E-state index is 0.0434. The molecule has 1 atom stereocenters. The van der Waals surface area contributed by atoms with Crippen molar-refractivity contribution < 1.29 is 9.53 Å². The zero-order valence-corrected chi connectivity index (χ0v) is 13.1. The SMILES string of the molecule is COc1ccc(Br)c(C(=O)N(C)CCC(C)Cl)c1. The van der Waals surface area contributed by atoms with Crippen molar-refractivity contribution in [1.29, 1.82) is 0 Å². The standard InChI is InChI=1S/C13H17BrClNO2/c1-9(15)6-7-16(2)13(17)11-8-10(18-3)4-5-12(11)14/h4-5,8-9H,6-7H2,1-3H3. The molecule has 0 aliphatic heterocycles. The highest BCUT2D eigenvalue weighted by molar-refractivity contribution is 9.10. The van der Waals surface area contributed by atoms with Crippen LogP contribution in [0.4, 0.5) is 0 Å². The van der Waals surface area contributed by atoms with Gasteiger partial charge in [-0.15, -0.1) is 11.6 Å². The summed E-state index contributed by atoms with van der Waals surface area (Å²) in [7, 11) is 3.35. The summed E-state index contributed by atoms with van der Waals surface area (Å²) in [5, 5.41) is 0.0639. The smallest absolute Gasteiger partial charge is 0.254 e. The largest absolute Gasteiger partial charge is 0.497 e. The maximum atomic E-state index is 12.2. The Morgan fingerprint density at radius 3 is 2.78 bits per heavy atom. The van der Waals surface area contributed by atoms with Crippen molar-refractivity contribution in [2.75, 3.05) is 20.7 Å². The zero-order chi connectivity index (χ0) is 13.7. The number of hydrogen-bond donors (Lipinski definition) is 0. The first-order valence-corrected chi connectivity index (χ1v) is 6.91. The first-order chi connectivity index (χ1) is 8.45. The van der Waals surface area contributed by atoms with Crippen LogP contribution in [0.1, 0.15) is 23.7 Å². The number of carbonyl (C=O) groups excluding carboxylic acids is 1. The van der Waals surface area contributed by atoms with Gasteiger partial charge in [-0.2, -0.15) is 0 Å². The topological polar surface area (TPSA) is 29.5 Å². The Kier molecular flexibility index (Phi) is 5.96. The third kappa shape index (κ3) is 4.18. The van der Waals surface area contributed by atoms with Crippen molar-refractivity contribution >= 4 is 33.4 Å². The van der Waals surface area contributed by atoms with Gasteiger partial charge in [-0.1, -0.05) is 0 Å². The Morgan fingerprint density at radius 2 is 2.22 bits per heavy atom. The normalized spacial score (nSPS) is 12.1. The number of amides is 1. The second kappa shape index (κ2) is 7.00.